The predicted octanol–water partition coefficient (Wildman–Crippen LogP) is 2.47. The Labute approximate surface area is 115 Å². The minimum absolute atomic E-state index is 0.291. The third kappa shape index (κ3) is 5.73. The van der Waals surface area contributed by atoms with Crippen LogP contribution in [-0.2, 0) is 11.3 Å². The lowest BCUT2D eigenvalue weighted by Crippen LogP contribution is -2.17. The summed E-state index contributed by atoms with van der Waals surface area (Å²) in [5.41, 5.74) is 1.66. The molecule has 0 aliphatic heterocycles. The number of methoxy groups -OCH3 is 1. The highest BCUT2D eigenvalue weighted by molar-refractivity contribution is 5.45. The van der Waals surface area contributed by atoms with Crippen molar-refractivity contribution in [2.24, 2.45) is 0 Å². The highest BCUT2D eigenvalue weighted by Gasteiger charge is 2.03. The van der Waals surface area contributed by atoms with E-state index in [1.54, 1.807) is 7.11 Å². The summed E-state index contributed by atoms with van der Waals surface area (Å²) < 4.78 is 10.6. The van der Waals surface area contributed by atoms with Gasteiger partial charge >= 0.3 is 0 Å². The number of benzene rings is 1. The van der Waals surface area contributed by atoms with Crippen molar-refractivity contribution in [3.8, 4) is 11.8 Å². The molecule has 4 nitrogen and oxygen atoms in total. The summed E-state index contributed by atoms with van der Waals surface area (Å²) in [7, 11) is 1.57. The van der Waals surface area contributed by atoms with Crippen LogP contribution in [0.2, 0.25) is 0 Å². The minimum atomic E-state index is 0.291. The van der Waals surface area contributed by atoms with E-state index in [1.165, 1.54) is 0 Å². The zero-order valence-electron chi connectivity index (χ0n) is 11.9. The molecular weight excluding hydrogens is 240 g/mol. The maximum Gasteiger partial charge on any atom is 0.136 e. The van der Waals surface area contributed by atoms with Crippen LogP contribution in [0, 0.1) is 11.3 Å². The fourth-order valence-corrected chi connectivity index (χ4v) is 1.70. The topological polar surface area (TPSA) is 54.3 Å². The summed E-state index contributed by atoms with van der Waals surface area (Å²) in [6, 6.07) is 7.80. The Kier molecular flexibility index (Phi) is 6.94. The van der Waals surface area contributed by atoms with Gasteiger partial charge in [0.15, 0.2) is 0 Å². The van der Waals surface area contributed by atoms with E-state index in [-0.39, 0.29) is 0 Å². The third-order valence-electron chi connectivity index (χ3n) is 2.66. The number of rotatable bonds is 8. The van der Waals surface area contributed by atoms with Gasteiger partial charge in [-0.1, -0.05) is 6.07 Å². The van der Waals surface area contributed by atoms with Crippen molar-refractivity contribution < 1.29 is 9.47 Å². The lowest BCUT2D eigenvalue weighted by Gasteiger charge is -2.09. The van der Waals surface area contributed by atoms with Crippen molar-refractivity contribution in [2.75, 3.05) is 20.3 Å². The Morgan fingerprint density at radius 2 is 2.16 bits per heavy atom. The highest BCUT2D eigenvalue weighted by Crippen LogP contribution is 2.18. The largest absolute Gasteiger partial charge is 0.495 e. The van der Waals surface area contributed by atoms with Crippen LogP contribution in [0.1, 0.15) is 31.4 Å². The fraction of sp³-hybridized carbons (Fsp3) is 0.533. The van der Waals surface area contributed by atoms with Crippen LogP contribution in [0.25, 0.3) is 0 Å². The Hall–Kier alpha value is -1.57. The van der Waals surface area contributed by atoms with Crippen molar-refractivity contribution in [3.63, 3.8) is 0 Å². The number of ether oxygens (including phenoxy) is 2. The second-order valence-corrected chi connectivity index (χ2v) is 4.60. The SMILES string of the molecule is COc1ccc(CNCCCOC(C)C)cc1C#N. The van der Waals surface area contributed by atoms with E-state index >= 15 is 0 Å². The van der Waals surface area contributed by atoms with Gasteiger partial charge in [0.05, 0.1) is 18.8 Å². The smallest absolute Gasteiger partial charge is 0.136 e. The number of hydrogen-bond donors (Lipinski definition) is 1. The molecule has 4 heteroatoms. The molecule has 19 heavy (non-hydrogen) atoms. The molecule has 0 aliphatic carbocycles. The lowest BCUT2D eigenvalue weighted by molar-refractivity contribution is 0.0770. The predicted molar refractivity (Wildman–Crippen MR) is 75.1 cm³/mol. The Morgan fingerprint density at radius 3 is 2.79 bits per heavy atom. The van der Waals surface area contributed by atoms with Crippen LogP contribution in [0.4, 0.5) is 0 Å². The van der Waals surface area contributed by atoms with Gasteiger partial charge in [0.25, 0.3) is 0 Å². The molecular formula is C15H22N2O2. The quantitative estimate of drug-likeness (QED) is 0.731. The zero-order chi connectivity index (χ0) is 14.1. The number of nitriles is 1. The van der Waals surface area contributed by atoms with Crippen molar-refractivity contribution in [1.29, 1.82) is 5.26 Å². The first-order chi connectivity index (χ1) is 9.17. The Morgan fingerprint density at radius 1 is 1.37 bits per heavy atom. The third-order valence-corrected chi connectivity index (χ3v) is 2.66. The van der Waals surface area contributed by atoms with Gasteiger partial charge in [-0.2, -0.15) is 5.26 Å². The van der Waals surface area contributed by atoms with E-state index in [1.807, 2.05) is 32.0 Å². The summed E-state index contributed by atoms with van der Waals surface area (Å²) in [5.74, 6) is 0.622. The molecule has 0 unspecified atom stereocenters. The van der Waals surface area contributed by atoms with Crippen molar-refractivity contribution in [1.82, 2.24) is 5.32 Å². The molecule has 0 spiro atoms. The lowest BCUT2D eigenvalue weighted by atomic mass is 10.1. The molecule has 0 amide bonds. The van der Waals surface area contributed by atoms with E-state index in [9.17, 15) is 0 Å². The van der Waals surface area contributed by atoms with Crippen molar-refractivity contribution in [2.45, 2.75) is 32.9 Å². The van der Waals surface area contributed by atoms with Gasteiger partial charge in [-0.3, -0.25) is 0 Å². The molecule has 0 aromatic heterocycles. The van der Waals surface area contributed by atoms with E-state index in [0.717, 1.165) is 31.7 Å². The number of nitrogens with zero attached hydrogens (tertiary/aromatic N) is 1. The summed E-state index contributed by atoms with van der Waals surface area (Å²) >= 11 is 0. The van der Waals surface area contributed by atoms with Crippen molar-refractivity contribution in [3.05, 3.63) is 29.3 Å². The van der Waals surface area contributed by atoms with E-state index in [0.29, 0.717) is 17.4 Å². The van der Waals surface area contributed by atoms with Gasteiger partial charge in [0.2, 0.25) is 0 Å². The second kappa shape index (κ2) is 8.52. The second-order valence-electron chi connectivity index (χ2n) is 4.60. The van der Waals surface area contributed by atoms with Gasteiger partial charge < -0.3 is 14.8 Å². The summed E-state index contributed by atoms with van der Waals surface area (Å²) in [4.78, 5) is 0. The Balaban J connectivity index is 2.32. The number of hydrogen-bond acceptors (Lipinski definition) is 4. The highest BCUT2D eigenvalue weighted by atomic mass is 16.5. The van der Waals surface area contributed by atoms with Crippen LogP contribution in [0.5, 0.6) is 5.75 Å². The molecule has 1 rings (SSSR count). The zero-order valence-corrected chi connectivity index (χ0v) is 11.9. The van der Waals surface area contributed by atoms with Gasteiger partial charge in [-0.05, 0) is 44.5 Å². The molecule has 0 atom stereocenters. The van der Waals surface area contributed by atoms with E-state index in [2.05, 4.69) is 11.4 Å². The average Bonchev–Trinajstić information content (AvgIpc) is 2.42. The molecule has 0 aliphatic rings. The molecule has 0 radical (unpaired) electrons. The molecule has 0 heterocycles. The first-order valence-electron chi connectivity index (χ1n) is 6.56. The van der Waals surface area contributed by atoms with Crippen LogP contribution >= 0.6 is 0 Å². The molecule has 1 N–H and O–H groups in total. The molecule has 104 valence electrons. The molecule has 1 aromatic rings. The average molecular weight is 262 g/mol. The minimum Gasteiger partial charge on any atom is -0.495 e. The normalized spacial score (nSPS) is 10.5. The molecule has 0 saturated carbocycles. The van der Waals surface area contributed by atoms with E-state index in [4.69, 9.17) is 14.7 Å². The summed E-state index contributed by atoms with van der Waals surface area (Å²) in [5, 5.41) is 12.3. The van der Waals surface area contributed by atoms with Gasteiger partial charge in [-0.15, -0.1) is 0 Å². The molecule has 0 saturated heterocycles. The summed E-state index contributed by atoms with van der Waals surface area (Å²) in [6.45, 7) is 6.50. The Bertz CT molecular complexity index is 425. The van der Waals surface area contributed by atoms with E-state index < -0.39 is 0 Å². The van der Waals surface area contributed by atoms with Gasteiger partial charge in [0.1, 0.15) is 11.8 Å². The van der Waals surface area contributed by atoms with Crippen LogP contribution in [0.3, 0.4) is 0 Å². The monoisotopic (exact) mass is 262 g/mol. The van der Waals surface area contributed by atoms with Crippen molar-refractivity contribution >= 4 is 0 Å². The first kappa shape index (κ1) is 15.5. The van der Waals surface area contributed by atoms with Gasteiger partial charge in [-0.25, -0.2) is 0 Å². The molecule has 0 fully saturated rings. The molecule has 1 aromatic carbocycles. The fourth-order valence-electron chi connectivity index (χ4n) is 1.70. The number of nitrogens with one attached hydrogen (secondary N) is 1. The summed E-state index contributed by atoms with van der Waals surface area (Å²) in [6.07, 6.45) is 1.28. The van der Waals surface area contributed by atoms with Crippen LogP contribution in [0.15, 0.2) is 18.2 Å². The molecule has 0 bridgehead atoms. The van der Waals surface area contributed by atoms with Crippen LogP contribution in [-0.4, -0.2) is 26.4 Å². The maximum atomic E-state index is 9.00. The first-order valence-corrected chi connectivity index (χ1v) is 6.56. The van der Waals surface area contributed by atoms with Gasteiger partial charge in [0, 0.05) is 13.2 Å². The maximum absolute atomic E-state index is 9.00. The standard InChI is InChI=1S/C15H22N2O2/c1-12(2)19-8-4-7-17-11-13-5-6-15(18-3)14(9-13)10-16/h5-6,9,12,17H,4,7-8,11H2,1-3H3. The van der Waals surface area contributed by atoms with Crippen LogP contribution < -0.4 is 10.1 Å².